The van der Waals surface area contributed by atoms with E-state index in [4.69, 9.17) is 0 Å². The fourth-order valence-electron chi connectivity index (χ4n) is 5.58. The van der Waals surface area contributed by atoms with E-state index in [-0.39, 0.29) is 0 Å². The fourth-order valence-corrected chi connectivity index (χ4v) is 19.6. The Morgan fingerprint density at radius 3 is 0.636 bits per heavy atom. The molecule has 0 aromatic rings. The molecule has 0 nitrogen and oxygen atoms in total. The molecule has 1 radical (unpaired) electrons. The first-order chi connectivity index (χ1) is 16.2. The number of unbranched alkanes of at least 4 members (excludes halogenated alkanes) is 20. The second kappa shape index (κ2) is 27.4. The second-order valence-electron chi connectivity index (χ2n) is 11.3. The van der Waals surface area contributed by atoms with Gasteiger partial charge in [0.15, 0.2) is 0 Å². The Balaban J connectivity index is 4.74. The zero-order valence-corrected chi connectivity index (χ0v) is 26.8. The molecule has 0 saturated heterocycles. The van der Waals surface area contributed by atoms with E-state index in [1.165, 1.54) is 103 Å². The maximum atomic E-state index is 2.35. The fraction of sp³-hybridized carbons (Fsp3) is 1.00. The molecule has 0 aromatic heterocycles. The summed E-state index contributed by atoms with van der Waals surface area (Å²) in [6.07, 6.45) is 35.9. The van der Waals surface area contributed by atoms with E-state index in [2.05, 4.69) is 27.7 Å². The molecule has 0 N–H and O–H groups in total. The van der Waals surface area contributed by atoms with Crippen LogP contribution in [0.2, 0.25) is 17.5 Å². The molecule has 0 fully saturated rings. The van der Waals surface area contributed by atoms with Crippen LogP contribution in [0.3, 0.4) is 0 Å². The van der Waals surface area contributed by atoms with Crippen molar-refractivity contribution in [2.75, 3.05) is 0 Å². The second-order valence-corrected chi connectivity index (χ2v) is 24.1. The van der Waals surface area contributed by atoms with Crippen molar-refractivity contribution in [1.29, 1.82) is 0 Å². The summed E-state index contributed by atoms with van der Waals surface area (Å²) in [7, 11) is 0. The average Bonchev–Trinajstić information content (AvgIpc) is 2.83. The molecular weight excluding hydrogens is 506 g/mol. The Morgan fingerprint density at radius 1 is 0.242 bits per heavy atom. The van der Waals surface area contributed by atoms with Gasteiger partial charge in [0.1, 0.15) is 0 Å². The first-order valence-electron chi connectivity index (χ1n) is 16.1. The summed E-state index contributed by atoms with van der Waals surface area (Å²) in [5, 5.41) is 0. The molecule has 0 aliphatic heterocycles. The summed E-state index contributed by atoms with van der Waals surface area (Å²) < 4.78 is 6.96. The average molecular weight is 575 g/mol. The van der Waals surface area contributed by atoms with Gasteiger partial charge in [0.25, 0.3) is 0 Å². The van der Waals surface area contributed by atoms with Crippen LogP contribution in [-0.4, -0.2) is 18.8 Å². The molecule has 0 aromatic carbocycles. The predicted molar refractivity (Wildman–Crippen MR) is 158 cm³/mol. The van der Waals surface area contributed by atoms with Gasteiger partial charge in [0.2, 0.25) is 0 Å². The van der Waals surface area contributed by atoms with Gasteiger partial charge in [0, 0.05) is 0 Å². The first-order valence-corrected chi connectivity index (χ1v) is 23.3. The van der Waals surface area contributed by atoms with Crippen LogP contribution in [-0.2, 0) is 0 Å². The van der Waals surface area contributed by atoms with Gasteiger partial charge in [-0.05, 0) is 0 Å². The Labute approximate surface area is 217 Å². The van der Waals surface area contributed by atoms with Crippen LogP contribution in [0.15, 0.2) is 0 Å². The number of rotatable bonds is 28. The SMILES string of the molecule is CCCCCCC[CH2][Sb]([CH2]CCCCCCC)([CH2]CCCCCCC)[CH2]CCCCCCC. The minimum atomic E-state index is -1.84. The zero-order chi connectivity index (χ0) is 24.3. The van der Waals surface area contributed by atoms with Gasteiger partial charge in [-0.1, -0.05) is 0 Å². The Bertz CT molecular complexity index is 281. The van der Waals surface area contributed by atoms with E-state index < -0.39 is 18.8 Å². The molecule has 0 aliphatic rings. The van der Waals surface area contributed by atoms with E-state index in [0.29, 0.717) is 0 Å². The van der Waals surface area contributed by atoms with E-state index >= 15 is 0 Å². The molecule has 201 valence electrons. The topological polar surface area (TPSA) is 0 Å². The molecule has 1 heteroatoms. The molecule has 0 atom stereocenters. The van der Waals surface area contributed by atoms with Crippen molar-refractivity contribution in [1.82, 2.24) is 0 Å². The molecule has 0 saturated carbocycles. The molecule has 0 unspecified atom stereocenters. The molecule has 0 rings (SSSR count). The summed E-state index contributed by atoms with van der Waals surface area (Å²) in [6.45, 7) is 9.40. The van der Waals surface area contributed by atoms with Gasteiger partial charge in [-0.15, -0.1) is 0 Å². The number of hydrogen-bond donors (Lipinski definition) is 0. The van der Waals surface area contributed by atoms with E-state index in [0.717, 1.165) is 0 Å². The van der Waals surface area contributed by atoms with Crippen molar-refractivity contribution in [3.8, 4) is 0 Å². The molecule has 0 amide bonds. The quantitative estimate of drug-likeness (QED) is 0.0644. The van der Waals surface area contributed by atoms with Gasteiger partial charge < -0.3 is 0 Å². The van der Waals surface area contributed by atoms with Crippen LogP contribution < -0.4 is 0 Å². The minimum absolute atomic E-state index is 1.39. The molecule has 0 bridgehead atoms. The van der Waals surface area contributed by atoms with E-state index in [1.807, 2.05) is 0 Å². The van der Waals surface area contributed by atoms with Gasteiger partial charge in [0.05, 0.1) is 0 Å². The zero-order valence-electron chi connectivity index (χ0n) is 24.2. The number of hydrogen-bond acceptors (Lipinski definition) is 0. The summed E-state index contributed by atoms with van der Waals surface area (Å²) in [5.41, 5.74) is 0. The molecule has 0 aliphatic carbocycles. The van der Waals surface area contributed by atoms with Crippen LogP contribution in [0.4, 0.5) is 0 Å². The van der Waals surface area contributed by atoms with Crippen LogP contribution in [0.1, 0.15) is 182 Å². The third kappa shape index (κ3) is 23.0. The van der Waals surface area contributed by atoms with Crippen LogP contribution in [0.5, 0.6) is 0 Å². The molecule has 33 heavy (non-hydrogen) atoms. The van der Waals surface area contributed by atoms with Crippen LogP contribution >= 0.6 is 0 Å². The van der Waals surface area contributed by atoms with E-state index in [9.17, 15) is 0 Å². The Kier molecular flexibility index (Phi) is 28.1. The van der Waals surface area contributed by atoms with Gasteiger partial charge in [-0.25, -0.2) is 0 Å². The van der Waals surface area contributed by atoms with Crippen LogP contribution in [0, 0.1) is 0 Å². The van der Waals surface area contributed by atoms with Crippen molar-refractivity contribution in [3.63, 3.8) is 0 Å². The third-order valence-corrected chi connectivity index (χ3v) is 22.4. The van der Waals surface area contributed by atoms with Crippen LogP contribution in [0.25, 0.3) is 0 Å². The molecular formula is C32H68Sb. The molecule has 0 heterocycles. The van der Waals surface area contributed by atoms with Crippen molar-refractivity contribution >= 4 is 18.8 Å². The standard InChI is InChI=1S/4C8H17.Sb/c4*1-3-5-7-8-6-4-2;/h4*1,3-8H2,2H3;. The molecule has 0 spiro atoms. The summed E-state index contributed by atoms with van der Waals surface area (Å²) in [4.78, 5) is 0. The van der Waals surface area contributed by atoms with Crippen molar-refractivity contribution in [2.45, 2.75) is 199 Å². The first kappa shape index (κ1) is 33.8. The Hall–Kier alpha value is 0.818. The Morgan fingerprint density at radius 2 is 0.424 bits per heavy atom. The monoisotopic (exact) mass is 573 g/mol. The van der Waals surface area contributed by atoms with Crippen molar-refractivity contribution < 1.29 is 0 Å². The van der Waals surface area contributed by atoms with Gasteiger partial charge in [-0.3, -0.25) is 0 Å². The normalized spacial score (nSPS) is 12.0. The van der Waals surface area contributed by atoms with E-state index in [1.54, 1.807) is 68.8 Å². The predicted octanol–water partition coefficient (Wildman–Crippen LogP) is 12.9. The summed E-state index contributed by atoms with van der Waals surface area (Å²) in [6, 6.07) is 0. The third-order valence-electron chi connectivity index (χ3n) is 7.94. The summed E-state index contributed by atoms with van der Waals surface area (Å²) in [5.74, 6) is 0. The van der Waals surface area contributed by atoms with Gasteiger partial charge >= 0.3 is 218 Å². The maximum absolute atomic E-state index is 2.35. The van der Waals surface area contributed by atoms with Crippen molar-refractivity contribution in [2.24, 2.45) is 0 Å². The summed E-state index contributed by atoms with van der Waals surface area (Å²) >= 11 is -1.84. The van der Waals surface area contributed by atoms with Gasteiger partial charge in [-0.2, -0.15) is 0 Å². The van der Waals surface area contributed by atoms with Crippen molar-refractivity contribution in [3.05, 3.63) is 0 Å².